The van der Waals surface area contributed by atoms with Crippen LogP contribution in [-0.2, 0) is 28.6 Å². The van der Waals surface area contributed by atoms with E-state index in [1.807, 2.05) is 0 Å². The number of esters is 3. The Morgan fingerprint density at radius 2 is 0.529 bits per heavy atom. The third-order valence-corrected chi connectivity index (χ3v) is 13.4. The minimum absolute atomic E-state index is 0.0726. The Labute approximate surface area is 423 Å². The molecule has 0 heterocycles. The summed E-state index contributed by atoms with van der Waals surface area (Å²) in [6, 6.07) is 0. The highest BCUT2D eigenvalue weighted by molar-refractivity contribution is 5.71. The van der Waals surface area contributed by atoms with Gasteiger partial charge in [0.25, 0.3) is 0 Å². The first kappa shape index (κ1) is 65.6. The van der Waals surface area contributed by atoms with Gasteiger partial charge in [-0.2, -0.15) is 0 Å². The molecule has 0 aliphatic heterocycles. The molecular weight excluding hydrogens is 841 g/mol. The first-order valence-corrected chi connectivity index (χ1v) is 30.0. The van der Waals surface area contributed by atoms with Gasteiger partial charge in [0.2, 0.25) is 0 Å². The maximum atomic E-state index is 12.9. The second-order valence-electron chi connectivity index (χ2n) is 20.3. The lowest BCUT2D eigenvalue weighted by Crippen LogP contribution is -2.30. The van der Waals surface area contributed by atoms with Crippen LogP contribution in [0.25, 0.3) is 0 Å². The summed E-state index contributed by atoms with van der Waals surface area (Å²) in [5.41, 5.74) is 0. The molecule has 0 radical (unpaired) electrons. The summed E-state index contributed by atoms with van der Waals surface area (Å²) >= 11 is 0. The van der Waals surface area contributed by atoms with E-state index in [2.05, 4.69) is 57.2 Å². The molecule has 0 bridgehead atoms. The van der Waals surface area contributed by atoms with Gasteiger partial charge in [-0.05, 0) is 77.0 Å². The first-order chi connectivity index (χ1) is 33.5. The number of hydrogen-bond donors (Lipinski definition) is 0. The average molecular weight is 956 g/mol. The normalized spacial score (nSPS) is 12.2. The van der Waals surface area contributed by atoms with Gasteiger partial charge in [0.1, 0.15) is 13.2 Å². The van der Waals surface area contributed by atoms with Crippen LogP contribution < -0.4 is 0 Å². The van der Waals surface area contributed by atoms with E-state index < -0.39 is 6.10 Å². The van der Waals surface area contributed by atoms with Crippen molar-refractivity contribution >= 4 is 17.9 Å². The van der Waals surface area contributed by atoms with E-state index in [0.29, 0.717) is 19.3 Å². The van der Waals surface area contributed by atoms with Crippen molar-refractivity contribution < 1.29 is 28.6 Å². The minimum atomic E-state index is -0.775. The van der Waals surface area contributed by atoms with E-state index in [1.54, 1.807) is 0 Å². The van der Waals surface area contributed by atoms with Crippen LogP contribution in [0.4, 0.5) is 0 Å². The van der Waals surface area contributed by atoms with Crippen LogP contribution in [-0.4, -0.2) is 37.2 Å². The van der Waals surface area contributed by atoms with Crippen molar-refractivity contribution in [3.63, 3.8) is 0 Å². The number of rotatable bonds is 55. The van der Waals surface area contributed by atoms with Gasteiger partial charge in [-0.1, -0.05) is 263 Å². The molecule has 1 unspecified atom stereocenters. The molecule has 398 valence electrons. The predicted octanol–water partition coefficient (Wildman–Crippen LogP) is 20.0. The van der Waals surface area contributed by atoms with Crippen LogP contribution in [0, 0.1) is 0 Å². The summed E-state index contributed by atoms with van der Waals surface area (Å²) in [5.74, 6) is -0.865. The molecule has 6 nitrogen and oxygen atoms in total. The van der Waals surface area contributed by atoms with Gasteiger partial charge in [-0.15, -0.1) is 0 Å². The standard InChI is InChI=1S/C62H114O6/c1-4-7-10-13-16-19-22-25-28-30-32-34-37-40-43-46-49-52-55-61(64)67-58-59(57-66-60(63)54-51-48-45-42-39-36-33-27-24-21-18-15-12-9-6-3)68-62(65)56-53-50-47-44-41-38-35-31-29-26-23-20-17-14-11-8-5-2/h19,22,26,28-30,59H,4-18,20-21,23-25,27,31-58H2,1-3H3/b22-19-,29-26-,30-28-. The molecule has 0 saturated carbocycles. The van der Waals surface area contributed by atoms with E-state index in [9.17, 15) is 14.4 Å². The fourth-order valence-electron chi connectivity index (χ4n) is 8.82. The molecule has 0 spiro atoms. The summed E-state index contributed by atoms with van der Waals surface area (Å²) in [7, 11) is 0. The Morgan fingerprint density at radius 1 is 0.294 bits per heavy atom. The summed E-state index contributed by atoms with van der Waals surface area (Å²) in [5, 5.41) is 0. The van der Waals surface area contributed by atoms with Crippen LogP contribution in [0.5, 0.6) is 0 Å². The van der Waals surface area contributed by atoms with E-state index >= 15 is 0 Å². The monoisotopic (exact) mass is 955 g/mol. The van der Waals surface area contributed by atoms with E-state index in [1.165, 1.54) is 212 Å². The van der Waals surface area contributed by atoms with Gasteiger partial charge in [0.15, 0.2) is 6.10 Å². The first-order valence-electron chi connectivity index (χ1n) is 30.0. The summed E-state index contributed by atoms with van der Waals surface area (Å²) < 4.78 is 16.9. The van der Waals surface area contributed by atoms with Gasteiger partial charge in [-0.3, -0.25) is 14.4 Å². The minimum Gasteiger partial charge on any atom is -0.462 e. The molecule has 68 heavy (non-hydrogen) atoms. The molecule has 0 aromatic heterocycles. The summed E-state index contributed by atoms with van der Waals surface area (Å²) in [6.45, 7) is 6.66. The quantitative estimate of drug-likeness (QED) is 0.0262. The van der Waals surface area contributed by atoms with Gasteiger partial charge in [0, 0.05) is 19.3 Å². The molecule has 1 atom stereocenters. The highest BCUT2D eigenvalue weighted by Crippen LogP contribution is 2.16. The average Bonchev–Trinajstić information content (AvgIpc) is 3.34. The SMILES string of the molecule is CCCCCC/C=C\C/C=C\CCCCCCCCCC(=O)OCC(COC(=O)CCCCCCCCCCCCCCCCC)OC(=O)CCCCCCCCC/C=C\CCCCCCCC. The van der Waals surface area contributed by atoms with E-state index in [4.69, 9.17) is 14.2 Å². The fraction of sp³-hybridized carbons (Fsp3) is 0.855. The third-order valence-electron chi connectivity index (χ3n) is 13.4. The van der Waals surface area contributed by atoms with Crippen LogP contribution in [0.2, 0.25) is 0 Å². The van der Waals surface area contributed by atoms with Crippen LogP contribution in [0.15, 0.2) is 36.5 Å². The van der Waals surface area contributed by atoms with Crippen molar-refractivity contribution in [2.24, 2.45) is 0 Å². The van der Waals surface area contributed by atoms with E-state index in [0.717, 1.165) is 70.6 Å². The fourth-order valence-corrected chi connectivity index (χ4v) is 8.82. The molecule has 0 N–H and O–H groups in total. The zero-order valence-corrected chi connectivity index (χ0v) is 45.6. The summed E-state index contributed by atoms with van der Waals surface area (Å²) in [4.78, 5) is 38.2. The number of hydrogen-bond acceptors (Lipinski definition) is 6. The van der Waals surface area contributed by atoms with Gasteiger partial charge in [-0.25, -0.2) is 0 Å². The number of carbonyl (C=O) groups is 3. The van der Waals surface area contributed by atoms with Crippen molar-refractivity contribution in [2.45, 2.75) is 329 Å². The summed E-state index contributed by atoms with van der Waals surface area (Å²) in [6.07, 6.45) is 68.4. The molecular formula is C62H114O6. The number of allylic oxidation sites excluding steroid dienone is 6. The Balaban J connectivity index is 4.36. The Hall–Kier alpha value is -2.37. The lowest BCUT2D eigenvalue weighted by molar-refractivity contribution is -0.167. The molecule has 0 saturated heterocycles. The lowest BCUT2D eigenvalue weighted by atomic mass is 10.0. The van der Waals surface area contributed by atoms with E-state index in [-0.39, 0.29) is 31.1 Å². The Morgan fingerprint density at radius 3 is 0.838 bits per heavy atom. The number of unbranched alkanes of at least 4 members (excludes halogenated alkanes) is 38. The molecule has 0 fully saturated rings. The van der Waals surface area contributed by atoms with Crippen LogP contribution in [0.1, 0.15) is 323 Å². The zero-order chi connectivity index (χ0) is 49.3. The predicted molar refractivity (Wildman–Crippen MR) is 293 cm³/mol. The van der Waals surface area contributed by atoms with Crippen molar-refractivity contribution in [1.82, 2.24) is 0 Å². The number of carbonyl (C=O) groups excluding carboxylic acids is 3. The second-order valence-corrected chi connectivity index (χ2v) is 20.3. The van der Waals surface area contributed by atoms with Gasteiger partial charge >= 0.3 is 17.9 Å². The highest BCUT2D eigenvalue weighted by atomic mass is 16.6. The van der Waals surface area contributed by atoms with Crippen molar-refractivity contribution in [3.8, 4) is 0 Å². The zero-order valence-electron chi connectivity index (χ0n) is 45.6. The smallest absolute Gasteiger partial charge is 0.306 e. The van der Waals surface area contributed by atoms with Crippen LogP contribution in [0.3, 0.4) is 0 Å². The number of ether oxygens (including phenoxy) is 3. The van der Waals surface area contributed by atoms with Crippen molar-refractivity contribution in [1.29, 1.82) is 0 Å². The topological polar surface area (TPSA) is 78.9 Å². The lowest BCUT2D eigenvalue weighted by Gasteiger charge is -2.18. The molecule has 0 aromatic rings. The Kier molecular flexibility index (Phi) is 55.2. The molecule has 0 rings (SSSR count). The molecule has 0 amide bonds. The maximum absolute atomic E-state index is 12.9. The Bertz CT molecular complexity index is 1140. The second kappa shape index (κ2) is 57.2. The van der Waals surface area contributed by atoms with Gasteiger partial charge in [0.05, 0.1) is 0 Å². The highest BCUT2D eigenvalue weighted by Gasteiger charge is 2.19. The van der Waals surface area contributed by atoms with Crippen LogP contribution >= 0.6 is 0 Å². The van der Waals surface area contributed by atoms with Gasteiger partial charge < -0.3 is 14.2 Å². The largest absolute Gasteiger partial charge is 0.462 e. The molecule has 0 aliphatic rings. The van der Waals surface area contributed by atoms with Crippen molar-refractivity contribution in [3.05, 3.63) is 36.5 Å². The maximum Gasteiger partial charge on any atom is 0.306 e. The third kappa shape index (κ3) is 54.6. The molecule has 6 heteroatoms. The molecule has 0 aliphatic carbocycles. The molecule has 0 aromatic carbocycles. The van der Waals surface area contributed by atoms with Crippen molar-refractivity contribution in [2.75, 3.05) is 13.2 Å².